The van der Waals surface area contributed by atoms with Gasteiger partial charge in [-0.1, -0.05) is 17.7 Å². The highest BCUT2D eigenvalue weighted by Gasteiger charge is 2.33. The summed E-state index contributed by atoms with van der Waals surface area (Å²) in [6.07, 6.45) is 2.62. The van der Waals surface area contributed by atoms with Crippen molar-refractivity contribution in [1.82, 2.24) is 9.80 Å². The van der Waals surface area contributed by atoms with E-state index in [2.05, 4.69) is 16.8 Å². The predicted molar refractivity (Wildman–Crippen MR) is 75.8 cm³/mol. The zero-order chi connectivity index (χ0) is 13.4. The molecule has 4 rings (SSSR count). The van der Waals surface area contributed by atoms with Crippen LogP contribution in [0.15, 0.2) is 18.2 Å². The molecule has 4 heteroatoms. The molecule has 1 aromatic carbocycles. The molecule has 104 valence electrons. The fourth-order valence-electron chi connectivity index (χ4n) is 3.48. The van der Waals surface area contributed by atoms with E-state index in [1.165, 1.54) is 25.5 Å². The van der Waals surface area contributed by atoms with Gasteiger partial charge in [0.1, 0.15) is 5.82 Å². The average molecular weight is 283 g/mol. The van der Waals surface area contributed by atoms with Gasteiger partial charge in [0.2, 0.25) is 0 Å². The smallest absolute Gasteiger partial charge is 0.141 e. The summed E-state index contributed by atoms with van der Waals surface area (Å²) in [5.41, 5.74) is 1.11. The number of fused-ring (bicyclic) bond motifs is 4. The van der Waals surface area contributed by atoms with Crippen LogP contribution in [-0.4, -0.2) is 42.5 Å². The quantitative estimate of drug-likeness (QED) is 0.823. The summed E-state index contributed by atoms with van der Waals surface area (Å²) in [7, 11) is 2.21. The van der Waals surface area contributed by atoms with Crippen LogP contribution < -0.4 is 0 Å². The first kappa shape index (κ1) is 13.3. The molecule has 0 unspecified atom stereocenters. The predicted octanol–water partition coefficient (Wildman–Crippen LogP) is 3.01. The van der Waals surface area contributed by atoms with Crippen LogP contribution in [0.25, 0.3) is 0 Å². The second-order valence-corrected chi connectivity index (χ2v) is 6.40. The molecule has 2 bridgehead atoms. The van der Waals surface area contributed by atoms with E-state index < -0.39 is 0 Å². The molecule has 0 spiro atoms. The lowest BCUT2D eigenvalue weighted by Crippen LogP contribution is -2.43. The molecule has 0 aromatic heterocycles. The Balaban J connectivity index is 1.74. The number of benzene rings is 1. The van der Waals surface area contributed by atoms with E-state index >= 15 is 0 Å². The number of likely N-dealkylation sites (N-methyl/N-ethyl adjacent to an activating group) is 1. The average Bonchev–Trinajstić information content (AvgIpc) is 2.63. The number of hydrogen-bond donors (Lipinski definition) is 0. The van der Waals surface area contributed by atoms with Crippen molar-refractivity contribution in [3.63, 3.8) is 0 Å². The SMILES string of the molecule is CN1C[C@@H]2CC[C@H](C1)N(Cc1ccc(F)c(Cl)c1)C2. The molecule has 0 radical (unpaired) electrons. The van der Waals surface area contributed by atoms with E-state index in [9.17, 15) is 4.39 Å². The second-order valence-electron chi connectivity index (χ2n) is 6.00. The third kappa shape index (κ3) is 2.93. The van der Waals surface area contributed by atoms with Crippen molar-refractivity contribution in [2.45, 2.75) is 25.4 Å². The van der Waals surface area contributed by atoms with Crippen LogP contribution in [0.1, 0.15) is 18.4 Å². The van der Waals surface area contributed by atoms with E-state index in [0.29, 0.717) is 6.04 Å². The Morgan fingerprint density at radius 2 is 2.11 bits per heavy atom. The normalized spacial score (nSPS) is 28.6. The molecule has 0 aliphatic carbocycles. The minimum Gasteiger partial charge on any atom is -0.304 e. The van der Waals surface area contributed by atoms with Gasteiger partial charge in [-0.25, -0.2) is 4.39 Å². The third-order valence-corrected chi connectivity index (χ3v) is 4.67. The Kier molecular flexibility index (Phi) is 3.79. The molecule has 2 nitrogen and oxygen atoms in total. The van der Waals surface area contributed by atoms with Crippen molar-refractivity contribution >= 4 is 11.6 Å². The van der Waals surface area contributed by atoms with Crippen LogP contribution in [0.2, 0.25) is 5.02 Å². The first-order chi connectivity index (χ1) is 9.11. The van der Waals surface area contributed by atoms with Crippen molar-refractivity contribution in [2.24, 2.45) is 5.92 Å². The monoisotopic (exact) mass is 282 g/mol. The maximum absolute atomic E-state index is 13.2. The molecule has 3 heterocycles. The van der Waals surface area contributed by atoms with Crippen LogP contribution in [0, 0.1) is 11.7 Å². The van der Waals surface area contributed by atoms with Crippen LogP contribution in [0.5, 0.6) is 0 Å². The summed E-state index contributed by atoms with van der Waals surface area (Å²) in [5, 5.41) is 0.231. The van der Waals surface area contributed by atoms with Crippen molar-refractivity contribution in [3.05, 3.63) is 34.6 Å². The lowest BCUT2D eigenvalue weighted by molar-refractivity contribution is 0.124. The highest BCUT2D eigenvalue weighted by Crippen LogP contribution is 2.29. The summed E-state index contributed by atoms with van der Waals surface area (Å²) < 4.78 is 13.2. The summed E-state index contributed by atoms with van der Waals surface area (Å²) in [6.45, 7) is 4.39. The fourth-order valence-corrected chi connectivity index (χ4v) is 3.68. The van der Waals surface area contributed by atoms with E-state index in [1.807, 2.05) is 6.07 Å². The molecular weight excluding hydrogens is 263 g/mol. The Hall–Kier alpha value is -0.640. The highest BCUT2D eigenvalue weighted by atomic mass is 35.5. The minimum absolute atomic E-state index is 0.231. The van der Waals surface area contributed by atoms with Crippen molar-refractivity contribution in [1.29, 1.82) is 0 Å². The molecule has 2 atom stereocenters. The van der Waals surface area contributed by atoms with Gasteiger partial charge in [0, 0.05) is 32.2 Å². The summed E-state index contributed by atoms with van der Waals surface area (Å²) >= 11 is 5.86. The van der Waals surface area contributed by atoms with Crippen LogP contribution in [0.3, 0.4) is 0 Å². The molecule has 0 N–H and O–H groups in total. The Bertz CT molecular complexity index is 465. The number of rotatable bonds is 2. The van der Waals surface area contributed by atoms with Crippen molar-refractivity contribution in [2.75, 3.05) is 26.7 Å². The van der Waals surface area contributed by atoms with E-state index in [0.717, 1.165) is 31.1 Å². The molecule has 0 amide bonds. The molecule has 3 fully saturated rings. The number of piperidine rings is 1. The Morgan fingerprint density at radius 1 is 1.26 bits per heavy atom. The molecule has 3 saturated heterocycles. The summed E-state index contributed by atoms with van der Waals surface area (Å²) in [4.78, 5) is 4.99. The van der Waals surface area contributed by atoms with E-state index in [1.54, 1.807) is 6.07 Å². The van der Waals surface area contributed by atoms with Crippen LogP contribution in [-0.2, 0) is 6.54 Å². The number of halogens is 2. The summed E-state index contributed by atoms with van der Waals surface area (Å²) in [5.74, 6) is 0.446. The summed E-state index contributed by atoms with van der Waals surface area (Å²) in [6, 6.07) is 5.72. The molecule has 3 aliphatic heterocycles. The number of nitrogens with zero attached hydrogens (tertiary/aromatic N) is 2. The zero-order valence-corrected chi connectivity index (χ0v) is 12.0. The Labute approximate surface area is 119 Å². The fraction of sp³-hybridized carbons (Fsp3) is 0.600. The van der Waals surface area contributed by atoms with Gasteiger partial charge < -0.3 is 4.90 Å². The van der Waals surface area contributed by atoms with Crippen molar-refractivity contribution < 1.29 is 4.39 Å². The maximum atomic E-state index is 13.2. The van der Waals surface area contributed by atoms with Gasteiger partial charge in [-0.15, -0.1) is 0 Å². The van der Waals surface area contributed by atoms with Gasteiger partial charge >= 0.3 is 0 Å². The van der Waals surface area contributed by atoms with Crippen LogP contribution >= 0.6 is 11.6 Å². The van der Waals surface area contributed by atoms with E-state index in [4.69, 9.17) is 11.6 Å². The second kappa shape index (κ2) is 5.39. The standard InChI is InChI=1S/C15H20ClFN2/c1-18-7-12-2-4-13(10-18)19(9-12)8-11-3-5-15(17)14(16)6-11/h3,5-6,12-13H,2,4,7-10H2,1H3/t12-,13+/m0/s1. The largest absolute Gasteiger partial charge is 0.304 e. The van der Waals surface area contributed by atoms with Gasteiger partial charge in [0.25, 0.3) is 0 Å². The first-order valence-electron chi connectivity index (χ1n) is 6.98. The molecule has 0 saturated carbocycles. The molecule has 19 heavy (non-hydrogen) atoms. The van der Waals surface area contributed by atoms with Gasteiger partial charge in [-0.05, 0) is 43.5 Å². The van der Waals surface area contributed by atoms with Crippen LogP contribution in [0.4, 0.5) is 4.39 Å². The lowest BCUT2D eigenvalue weighted by Gasteiger charge is -2.36. The van der Waals surface area contributed by atoms with Crippen molar-refractivity contribution in [3.8, 4) is 0 Å². The van der Waals surface area contributed by atoms with Gasteiger partial charge in [0.15, 0.2) is 0 Å². The minimum atomic E-state index is -0.331. The zero-order valence-electron chi connectivity index (χ0n) is 11.3. The molecular formula is C15H20ClFN2. The third-order valence-electron chi connectivity index (χ3n) is 4.38. The first-order valence-corrected chi connectivity index (χ1v) is 7.36. The molecule has 1 aromatic rings. The van der Waals surface area contributed by atoms with Gasteiger partial charge in [-0.2, -0.15) is 0 Å². The number of hydrogen-bond acceptors (Lipinski definition) is 2. The van der Waals surface area contributed by atoms with Gasteiger partial charge in [0.05, 0.1) is 5.02 Å². The molecule has 3 aliphatic rings. The topological polar surface area (TPSA) is 6.48 Å². The highest BCUT2D eigenvalue weighted by molar-refractivity contribution is 6.30. The maximum Gasteiger partial charge on any atom is 0.141 e. The van der Waals surface area contributed by atoms with E-state index in [-0.39, 0.29) is 10.8 Å². The Morgan fingerprint density at radius 3 is 2.89 bits per heavy atom. The lowest BCUT2D eigenvalue weighted by atomic mass is 9.94. The van der Waals surface area contributed by atoms with Gasteiger partial charge in [-0.3, -0.25) is 4.90 Å².